The van der Waals surface area contributed by atoms with Crippen LogP contribution in [0.25, 0.3) is 32.9 Å². The Morgan fingerprint density at radius 1 is 1.10 bits per heavy atom. The molecule has 4 aliphatic rings. The minimum Gasteiger partial charge on any atom is -0.461 e. The molecule has 10 nitrogen and oxygen atoms in total. The van der Waals surface area contributed by atoms with Gasteiger partial charge in [0.05, 0.1) is 24.1 Å². The molecule has 50 heavy (non-hydrogen) atoms. The molecular weight excluding hydrogens is 657 g/mol. The maximum absolute atomic E-state index is 16.8. The van der Waals surface area contributed by atoms with Crippen molar-refractivity contribution in [1.82, 2.24) is 29.7 Å². The highest BCUT2D eigenvalue weighted by Crippen LogP contribution is 2.40. The quantitative estimate of drug-likeness (QED) is 0.201. The zero-order valence-electron chi connectivity index (χ0n) is 28.5. The maximum atomic E-state index is 16.8. The van der Waals surface area contributed by atoms with Crippen molar-refractivity contribution in [2.75, 3.05) is 84.1 Å². The van der Waals surface area contributed by atoms with E-state index in [0.29, 0.717) is 48.0 Å². The normalized spacial score (nSPS) is 19.8. The van der Waals surface area contributed by atoms with Crippen molar-refractivity contribution in [2.24, 2.45) is 5.92 Å². The minimum atomic E-state index is -0.539. The van der Waals surface area contributed by atoms with Crippen molar-refractivity contribution in [3.8, 4) is 17.3 Å². The number of amides is 1. The van der Waals surface area contributed by atoms with Gasteiger partial charge < -0.3 is 19.3 Å². The number of ether oxygens (including phenoxy) is 2. The van der Waals surface area contributed by atoms with E-state index in [1.807, 2.05) is 53.3 Å². The standard InChI is InChI=1S/C38H43ClFN7O3/c1-44(22-26-23-46(24-26)31(48)11-4-14-45-17-19-49-20-18-45)36-29-21-41-34(28-9-2-7-27-8-3-10-30(39)32(27)28)33(40)35(29)42-37(43-36)50-25-38-12-5-15-47(38)16-6-13-38/h2-4,7-11,21,26H,5-6,12-20,22-25H2,1H3/b11-4+. The lowest BCUT2D eigenvalue weighted by Crippen LogP contribution is -2.53. The first kappa shape index (κ1) is 33.3. The molecule has 0 spiro atoms. The largest absolute Gasteiger partial charge is 0.461 e. The van der Waals surface area contributed by atoms with E-state index in [-0.39, 0.29) is 34.6 Å². The van der Waals surface area contributed by atoms with E-state index in [4.69, 9.17) is 31.0 Å². The highest BCUT2D eigenvalue weighted by atomic mass is 35.5. The summed E-state index contributed by atoms with van der Waals surface area (Å²) in [6, 6.07) is 11.5. The molecule has 4 fully saturated rings. The molecule has 0 bridgehead atoms. The molecule has 2 aromatic carbocycles. The van der Waals surface area contributed by atoms with Gasteiger partial charge in [-0.25, -0.2) is 4.39 Å². The third-order valence-electron chi connectivity index (χ3n) is 10.9. The number of benzene rings is 2. The summed E-state index contributed by atoms with van der Waals surface area (Å²) in [5, 5.41) is 2.68. The topological polar surface area (TPSA) is 87.2 Å². The predicted molar refractivity (Wildman–Crippen MR) is 193 cm³/mol. The smallest absolute Gasteiger partial charge is 0.319 e. The number of anilines is 1. The Morgan fingerprint density at radius 2 is 1.86 bits per heavy atom. The molecular formula is C38H43ClFN7O3. The Bertz CT molecular complexity index is 1910. The van der Waals surface area contributed by atoms with E-state index in [1.165, 1.54) is 0 Å². The molecule has 8 rings (SSSR count). The van der Waals surface area contributed by atoms with Crippen LogP contribution in [-0.2, 0) is 9.53 Å². The summed E-state index contributed by atoms with van der Waals surface area (Å²) in [6.45, 7) is 8.56. The van der Waals surface area contributed by atoms with Crippen LogP contribution in [0, 0.1) is 11.7 Å². The van der Waals surface area contributed by atoms with E-state index in [2.05, 4.69) is 14.8 Å². The molecule has 2 aromatic heterocycles. The van der Waals surface area contributed by atoms with Gasteiger partial charge in [0.2, 0.25) is 5.91 Å². The summed E-state index contributed by atoms with van der Waals surface area (Å²) < 4.78 is 28.5. The van der Waals surface area contributed by atoms with E-state index < -0.39 is 5.82 Å². The van der Waals surface area contributed by atoms with Gasteiger partial charge in [0.15, 0.2) is 5.82 Å². The van der Waals surface area contributed by atoms with Crippen LogP contribution in [0.4, 0.5) is 10.2 Å². The summed E-state index contributed by atoms with van der Waals surface area (Å²) in [4.78, 5) is 35.7. The highest BCUT2D eigenvalue weighted by Gasteiger charge is 2.45. The lowest BCUT2D eigenvalue weighted by molar-refractivity contribution is -0.131. The second-order valence-electron chi connectivity index (χ2n) is 14.2. The van der Waals surface area contributed by atoms with Gasteiger partial charge in [0.25, 0.3) is 0 Å². The molecule has 4 saturated heterocycles. The number of pyridine rings is 1. The van der Waals surface area contributed by atoms with Gasteiger partial charge in [-0.3, -0.25) is 19.6 Å². The van der Waals surface area contributed by atoms with Crippen LogP contribution in [0.1, 0.15) is 25.7 Å². The van der Waals surface area contributed by atoms with Gasteiger partial charge in [-0.05, 0) is 50.2 Å². The summed E-state index contributed by atoms with van der Waals surface area (Å²) in [7, 11) is 1.95. The first-order chi connectivity index (χ1) is 24.4. The number of hydrogen-bond donors (Lipinski definition) is 0. The fourth-order valence-electron chi connectivity index (χ4n) is 8.25. The summed E-state index contributed by atoms with van der Waals surface area (Å²) in [5.74, 6) is 0.286. The van der Waals surface area contributed by atoms with Crippen molar-refractivity contribution in [2.45, 2.75) is 31.2 Å². The van der Waals surface area contributed by atoms with Crippen LogP contribution in [0.5, 0.6) is 6.01 Å². The number of carbonyl (C=O) groups excluding carboxylic acids is 1. The number of hydrogen-bond acceptors (Lipinski definition) is 9. The molecule has 0 saturated carbocycles. The van der Waals surface area contributed by atoms with Crippen LogP contribution >= 0.6 is 11.6 Å². The Hall–Kier alpha value is -3.90. The second-order valence-corrected chi connectivity index (χ2v) is 14.6. The maximum Gasteiger partial charge on any atom is 0.319 e. The molecule has 0 atom stereocenters. The fourth-order valence-corrected chi connectivity index (χ4v) is 8.53. The lowest BCUT2D eigenvalue weighted by Gasteiger charge is -2.40. The number of halogens is 2. The second kappa shape index (κ2) is 14.0. The number of carbonyl (C=O) groups is 1. The number of aromatic nitrogens is 3. The van der Waals surface area contributed by atoms with E-state index in [9.17, 15) is 4.79 Å². The first-order valence-corrected chi connectivity index (χ1v) is 18.1. The Labute approximate surface area is 296 Å². The van der Waals surface area contributed by atoms with E-state index >= 15 is 4.39 Å². The molecule has 12 heteroatoms. The average Bonchev–Trinajstić information content (AvgIpc) is 3.70. The average molecular weight is 700 g/mol. The van der Waals surface area contributed by atoms with Crippen molar-refractivity contribution >= 4 is 45.0 Å². The zero-order chi connectivity index (χ0) is 34.2. The lowest BCUT2D eigenvalue weighted by atomic mass is 9.95. The molecule has 0 radical (unpaired) electrons. The third kappa shape index (κ3) is 6.40. The van der Waals surface area contributed by atoms with Gasteiger partial charge in [-0.15, -0.1) is 0 Å². The van der Waals surface area contributed by atoms with Gasteiger partial charge in [0, 0.05) is 80.5 Å². The zero-order valence-corrected chi connectivity index (χ0v) is 29.2. The SMILES string of the molecule is CN(CC1CN(C(=O)/C=C/CN2CCOCC2)C1)c1nc(OCC23CCCN2CCC3)nc2c(F)c(-c3cccc4cccc(Cl)c34)ncc12. The molecule has 0 N–H and O–H groups in total. The molecule has 6 heterocycles. The van der Waals surface area contributed by atoms with Crippen LogP contribution in [0.15, 0.2) is 54.7 Å². The molecule has 4 aromatic rings. The molecule has 1 amide bonds. The monoisotopic (exact) mass is 699 g/mol. The predicted octanol–water partition coefficient (Wildman–Crippen LogP) is 5.43. The highest BCUT2D eigenvalue weighted by molar-refractivity contribution is 6.36. The van der Waals surface area contributed by atoms with Crippen LogP contribution in [0.2, 0.25) is 5.02 Å². The molecule has 0 unspecified atom stereocenters. The van der Waals surface area contributed by atoms with Gasteiger partial charge in [-0.1, -0.05) is 48.0 Å². The van der Waals surface area contributed by atoms with Crippen molar-refractivity contribution < 1.29 is 18.7 Å². The number of rotatable bonds is 10. The first-order valence-electron chi connectivity index (χ1n) is 17.8. The molecule has 0 aliphatic carbocycles. The molecule has 4 aliphatic heterocycles. The van der Waals surface area contributed by atoms with Gasteiger partial charge in [-0.2, -0.15) is 9.97 Å². The fraction of sp³-hybridized carbons (Fsp3) is 0.474. The number of fused-ring (bicyclic) bond motifs is 3. The van der Waals surface area contributed by atoms with E-state index in [1.54, 1.807) is 18.3 Å². The van der Waals surface area contributed by atoms with Gasteiger partial charge in [0.1, 0.15) is 23.6 Å². The van der Waals surface area contributed by atoms with E-state index in [0.717, 1.165) is 82.4 Å². The van der Waals surface area contributed by atoms with Crippen molar-refractivity contribution in [3.63, 3.8) is 0 Å². The van der Waals surface area contributed by atoms with Crippen molar-refractivity contribution in [3.05, 3.63) is 65.6 Å². The van der Waals surface area contributed by atoms with Crippen LogP contribution < -0.4 is 9.64 Å². The Morgan fingerprint density at radius 3 is 2.64 bits per heavy atom. The van der Waals surface area contributed by atoms with Crippen LogP contribution in [0.3, 0.4) is 0 Å². The van der Waals surface area contributed by atoms with Crippen molar-refractivity contribution in [1.29, 1.82) is 0 Å². The summed E-state index contributed by atoms with van der Waals surface area (Å²) >= 11 is 6.64. The number of morpholine rings is 1. The van der Waals surface area contributed by atoms with Gasteiger partial charge >= 0.3 is 6.01 Å². The number of nitrogens with zero attached hydrogens (tertiary/aromatic N) is 7. The molecule has 262 valence electrons. The minimum absolute atomic E-state index is 0.00933. The third-order valence-corrected chi connectivity index (χ3v) is 11.2. The Kier molecular flexibility index (Phi) is 9.32. The Balaban J connectivity index is 1.05. The summed E-state index contributed by atoms with van der Waals surface area (Å²) in [5.41, 5.74) is 0.938. The van der Waals surface area contributed by atoms with Crippen LogP contribution in [-0.4, -0.2) is 120 Å². The summed E-state index contributed by atoms with van der Waals surface area (Å²) in [6.07, 6.45) is 9.74. The number of likely N-dealkylation sites (tertiary alicyclic amines) is 1.